The summed E-state index contributed by atoms with van der Waals surface area (Å²) in [5, 5.41) is 10.2. The van der Waals surface area contributed by atoms with Crippen LogP contribution in [0.3, 0.4) is 0 Å². The lowest BCUT2D eigenvalue weighted by molar-refractivity contribution is 0.178. The number of aryl methyl sites for hydroxylation is 2. The third-order valence-electron chi connectivity index (χ3n) is 3.83. The number of fused-ring (bicyclic) bond motifs is 1. The Morgan fingerprint density at radius 1 is 1.05 bits per heavy atom. The lowest BCUT2D eigenvalue weighted by atomic mass is 9.98. The topological polar surface area (TPSA) is 20.2 Å². The Kier molecular flexibility index (Phi) is 3.34. The summed E-state index contributed by atoms with van der Waals surface area (Å²) >= 11 is 0. The molecule has 1 N–H and O–H groups in total. The zero-order valence-electron chi connectivity index (χ0n) is 10.8. The van der Waals surface area contributed by atoms with Crippen LogP contribution in [0.25, 0.3) is 0 Å². The minimum absolute atomic E-state index is 0.300. The third kappa shape index (κ3) is 2.69. The van der Waals surface area contributed by atoms with Crippen LogP contribution in [0.1, 0.15) is 34.8 Å². The average molecular weight is 256 g/mol. The molecule has 2 aromatic rings. The molecule has 2 heteroatoms. The SMILES string of the molecule is OC(Cc1ccc2c(c1)CCC2)c1cccc(F)c1. The van der Waals surface area contributed by atoms with Crippen molar-refractivity contribution < 1.29 is 9.50 Å². The summed E-state index contributed by atoms with van der Waals surface area (Å²) < 4.78 is 13.1. The van der Waals surface area contributed by atoms with Crippen molar-refractivity contribution in [1.82, 2.24) is 0 Å². The van der Waals surface area contributed by atoms with Crippen LogP contribution in [-0.4, -0.2) is 5.11 Å². The summed E-state index contributed by atoms with van der Waals surface area (Å²) in [6, 6.07) is 12.6. The van der Waals surface area contributed by atoms with Crippen LogP contribution in [0.15, 0.2) is 42.5 Å². The first-order valence-corrected chi connectivity index (χ1v) is 6.76. The fraction of sp³-hybridized carbons (Fsp3) is 0.294. The van der Waals surface area contributed by atoms with Crippen LogP contribution >= 0.6 is 0 Å². The van der Waals surface area contributed by atoms with Crippen molar-refractivity contribution in [3.63, 3.8) is 0 Å². The molecule has 0 bridgehead atoms. The van der Waals surface area contributed by atoms with Gasteiger partial charge < -0.3 is 5.11 Å². The molecule has 1 aliphatic rings. The van der Waals surface area contributed by atoms with Crippen LogP contribution in [-0.2, 0) is 19.3 Å². The molecule has 0 heterocycles. The van der Waals surface area contributed by atoms with Gasteiger partial charge in [-0.3, -0.25) is 0 Å². The van der Waals surface area contributed by atoms with E-state index in [4.69, 9.17) is 0 Å². The summed E-state index contributed by atoms with van der Waals surface area (Å²) in [6.45, 7) is 0. The second-order valence-corrected chi connectivity index (χ2v) is 5.23. The van der Waals surface area contributed by atoms with E-state index in [1.54, 1.807) is 12.1 Å². The smallest absolute Gasteiger partial charge is 0.123 e. The maximum atomic E-state index is 13.1. The van der Waals surface area contributed by atoms with E-state index < -0.39 is 6.10 Å². The number of halogens is 1. The summed E-state index contributed by atoms with van der Waals surface area (Å²) in [5.74, 6) is -0.300. The predicted octanol–water partition coefficient (Wildman–Crippen LogP) is 3.59. The van der Waals surface area contributed by atoms with Crippen molar-refractivity contribution in [2.75, 3.05) is 0 Å². The van der Waals surface area contributed by atoms with Crippen LogP contribution in [0.4, 0.5) is 4.39 Å². The van der Waals surface area contributed by atoms with Crippen molar-refractivity contribution in [1.29, 1.82) is 0 Å². The molecule has 0 spiro atoms. The van der Waals surface area contributed by atoms with Crippen LogP contribution in [0.5, 0.6) is 0 Å². The van der Waals surface area contributed by atoms with Crippen LogP contribution < -0.4 is 0 Å². The van der Waals surface area contributed by atoms with E-state index in [0.717, 1.165) is 12.0 Å². The van der Waals surface area contributed by atoms with Gasteiger partial charge in [0.15, 0.2) is 0 Å². The van der Waals surface area contributed by atoms with Crippen molar-refractivity contribution >= 4 is 0 Å². The highest BCUT2D eigenvalue weighted by molar-refractivity contribution is 5.36. The highest BCUT2D eigenvalue weighted by Gasteiger charge is 2.13. The Bertz CT molecular complexity index is 592. The van der Waals surface area contributed by atoms with Gasteiger partial charge >= 0.3 is 0 Å². The van der Waals surface area contributed by atoms with Crippen molar-refractivity contribution in [3.05, 3.63) is 70.5 Å². The summed E-state index contributed by atoms with van der Waals surface area (Å²) in [7, 11) is 0. The van der Waals surface area contributed by atoms with E-state index in [1.807, 2.05) is 0 Å². The number of benzene rings is 2. The van der Waals surface area contributed by atoms with Gasteiger partial charge in [-0.05, 0) is 53.6 Å². The fourth-order valence-electron chi connectivity index (χ4n) is 2.81. The van der Waals surface area contributed by atoms with E-state index >= 15 is 0 Å². The monoisotopic (exact) mass is 256 g/mol. The minimum atomic E-state index is -0.643. The van der Waals surface area contributed by atoms with Gasteiger partial charge in [-0.2, -0.15) is 0 Å². The summed E-state index contributed by atoms with van der Waals surface area (Å²) in [5.41, 5.74) is 4.60. The zero-order chi connectivity index (χ0) is 13.2. The molecule has 1 aliphatic carbocycles. The first-order chi connectivity index (χ1) is 9.22. The Labute approximate surface area is 112 Å². The molecule has 0 fully saturated rings. The van der Waals surface area contributed by atoms with Gasteiger partial charge in [0.1, 0.15) is 5.82 Å². The van der Waals surface area contributed by atoms with E-state index in [9.17, 15) is 9.50 Å². The minimum Gasteiger partial charge on any atom is -0.388 e. The number of aliphatic hydroxyl groups excluding tert-OH is 1. The highest BCUT2D eigenvalue weighted by atomic mass is 19.1. The van der Waals surface area contributed by atoms with Gasteiger partial charge in [0.25, 0.3) is 0 Å². The molecule has 19 heavy (non-hydrogen) atoms. The molecule has 1 atom stereocenters. The molecule has 0 aliphatic heterocycles. The van der Waals surface area contributed by atoms with Gasteiger partial charge in [-0.25, -0.2) is 4.39 Å². The zero-order valence-corrected chi connectivity index (χ0v) is 10.8. The first kappa shape index (κ1) is 12.4. The number of hydrogen-bond donors (Lipinski definition) is 1. The van der Waals surface area contributed by atoms with Gasteiger partial charge in [-0.15, -0.1) is 0 Å². The number of hydrogen-bond acceptors (Lipinski definition) is 1. The second-order valence-electron chi connectivity index (χ2n) is 5.23. The van der Waals surface area contributed by atoms with Crippen LogP contribution in [0, 0.1) is 5.82 Å². The summed E-state index contributed by atoms with van der Waals surface area (Å²) in [6.07, 6.45) is 3.43. The maximum Gasteiger partial charge on any atom is 0.123 e. The molecule has 0 radical (unpaired) electrons. The normalized spacial score (nSPS) is 15.3. The predicted molar refractivity (Wildman–Crippen MR) is 73.5 cm³/mol. The highest BCUT2D eigenvalue weighted by Crippen LogP contribution is 2.25. The van der Waals surface area contributed by atoms with Gasteiger partial charge in [-0.1, -0.05) is 30.3 Å². The van der Waals surface area contributed by atoms with Crippen molar-refractivity contribution in [2.24, 2.45) is 0 Å². The van der Waals surface area contributed by atoms with E-state index in [1.165, 1.54) is 36.1 Å². The maximum absolute atomic E-state index is 13.1. The van der Waals surface area contributed by atoms with E-state index in [2.05, 4.69) is 18.2 Å². The Balaban J connectivity index is 1.77. The summed E-state index contributed by atoms with van der Waals surface area (Å²) in [4.78, 5) is 0. The Hall–Kier alpha value is -1.67. The standard InChI is InChI=1S/C17H17FO/c18-16-6-2-5-15(11-16)17(19)10-12-7-8-13-3-1-4-14(13)9-12/h2,5-9,11,17,19H,1,3-4,10H2. The lowest BCUT2D eigenvalue weighted by Crippen LogP contribution is -2.02. The molecule has 3 rings (SSSR count). The fourth-order valence-corrected chi connectivity index (χ4v) is 2.81. The lowest BCUT2D eigenvalue weighted by Gasteiger charge is -2.12. The average Bonchev–Trinajstić information content (AvgIpc) is 2.86. The van der Waals surface area contributed by atoms with Gasteiger partial charge in [0.2, 0.25) is 0 Å². The first-order valence-electron chi connectivity index (χ1n) is 6.76. The molecule has 0 amide bonds. The molecule has 0 saturated heterocycles. The Morgan fingerprint density at radius 2 is 1.89 bits per heavy atom. The molecule has 98 valence electrons. The molecular formula is C17H17FO. The third-order valence-corrected chi connectivity index (χ3v) is 3.83. The van der Waals surface area contributed by atoms with Gasteiger partial charge in [0.05, 0.1) is 6.10 Å². The van der Waals surface area contributed by atoms with Crippen LogP contribution in [0.2, 0.25) is 0 Å². The Morgan fingerprint density at radius 3 is 2.74 bits per heavy atom. The largest absolute Gasteiger partial charge is 0.388 e. The number of aliphatic hydroxyl groups is 1. The molecule has 2 aromatic carbocycles. The molecule has 1 nitrogen and oxygen atoms in total. The quantitative estimate of drug-likeness (QED) is 0.889. The molecule has 0 aromatic heterocycles. The molecular weight excluding hydrogens is 239 g/mol. The van der Waals surface area contributed by atoms with Gasteiger partial charge in [0, 0.05) is 6.42 Å². The van der Waals surface area contributed by atoms with E-state index in [-0.39, 0.29) is 5.82 Å². The van der Waals surface area contributed by atoms with E-state index in [0.29, 0.717) is 12.0 Å². The van der Waals surface area contributed by atoms with Crippen molar-refractivity contribution in [2.45, 2.75) is 31.8 Å². The number of rotatable bonds is 3. The van der Waals surface area contributed by atoms with Crippen molar-refractivity contribution in [3.8, 4) is 0 Å². The molecule has 1 unspecified atom stereocenters. The second kappa shape index (κ2) is 5.14. The molecule has 0 saturated carbocycles.